The SMILES string of the molecule is O=C(O)C1c2ccccc2CCN1S(=O)(=O)c1ccccc1. The lowest BCUT2D eigenvalue weighted by molar-refractivity contribution is -0.142. The van der Waals surface area contributed by atoms with Gasteiger partial charge >= 0.3 is 5.97 Å². The van der Waals surface area contributed by atoms with Crippen LogP contribution >= 0.6 is 0 Å². The number of fused-ring (bicyclic) bond motifs is 1. The van der Waals surface area contributed by atoms with Crippen molar-refractivity contribution in [2.75, 3.05) is 6.54 Å². The summed E-state index contributed by atoms with van der Waals surface area (Å²) in [5.41, 5.74) is 1.43. The van der Waals surface area contributed by atoms with E-state index < -0.39 is 22.0 Å². The summed E-state index contributed by atoms with van der Waals surface area (Å²) in [5.74, 6) is -1.16. The molecule has 1 N–H and O–H groups in total. The van der Waals surface area contributed by atoms with Gasteiger partial charge in [-0.25, -0.2) is 8.42 Å². The molecule has 1 unspecified atom stereocenters. The highest BCUT2D eigenvalue weighted by Crippen LogP contribution is 2.34. The van der Waals surface area contributed by atoms with E-state index in [1.165, 1.54) is 12.1 Å². The summed E-state index contributed by atoms with van der Waals surface area (Å²) in [7, 11) is -3.85. The molecule has 0 amide bonds. The minimum Gasteiger partial charge on any atom is -0.480 e. The van der Waals surface area contributed by atoms with E-state index in [-0.39, 0.29) is 11.4 Å². The second-order valence-corrected chi connectivity index (χ2v) is 7.01. The van der Waals surface area contributed by atoms with E-state index in [1.54, 1.807) is 30.3 Å². The molecule has 3 rings (SSSR count). The van der Waals surface area contributed by atoms with Gasteiger partial charge < -0.3 is 5.11 Å². The van der Waals surface area contributed by atoms with Crippen molar-refractivity contribution >= 4 is 16.0 Å². The number of carboxylic acid groups (broad SMARTS) is 1. The highest BCUT2D eigenvalue weighted by atomic mass is 32.2. The van der Waals surface area contributed by atoms with Gasteiger partial charge in [0.2, 0.25) is 10.0 Å². The second-order valence-electron chi connectivity index (χ2n) is 5.12. The summed E-state index contributed by atoms with van der Waals surface area (Å²) >= 11 is 0. The number of aliphatic carboxylic acids is 1. The third kappa shape index (κ3) is 2.40. The average Bonchev–Trinajstić information content (AvgIpc) is 2.54. The third-order valence-electron chi connectivity index (χ3n) is 3.82. The molecule has 22 heavy (non-hydrogen) atoms. The van der Waals surface area contributed by atoms with Gasteiger partial charge in [-0.05, 0) is 29.7 Å². The number of hydrogen-bond acceptors (Lipinski definition) is 3. The molecule has 0 aliphatic carbocycles. The molecule has 5 nitrogen and oxygen atoms in total. The molecule has 1 aliphatic rings. The summed E-state index contributed by atoms with van der Waals surface area (Å²) in [6.07, 6.45) is 0.506. The summed E-state index contributed by atoms with van der Waals surface area (Å²) in [5, 5.41) is 9.56. The molecular weight excluding hydrogens is 302 g/mol. The normalized spacial score (nSPS) is 18.6. The van der Waals surface area contributed by atoms with Crippen LogP contribution in [0.4, 0.5) is 0 Å². The lowest BCUT2D eigenvalue weighted by Gasteiger charge is -2.33. The molecule has 0 bridgehead atoms. The maximum Gasteiger partial charge on any atom is 0.326 e. The Morgan fingerprint density at radius 1 is 1.05 bits per heavy atom. The highest BCUT2D eigenvalue weighted by Gasteiger charge is 2.40. The molecule has 0 saturated heterocycles. The van der Waals surface area contributed by atoms with Crippen molar-refractivity contribution in [1.29, 1.82) is 0 Å². The summed E-state index contributed by atoms with van der Waals surface area (Å²) in [4.78, 5) is 11.8. The van der Waals surface area contributed by atoms with Crippen LogP contribution in [0.25, 0.3) is 0 Å². The van der Waals surface area contributed by atoms with Crippen LogP contribution in [-0.4, -0.2) is 30.3 Å². The number of nitrogens with zero attached hydrogens (tertiary/aromatic N) is 1. The Balaban J connectivity index is 2.10. The Hall–Kier alpha value is -2.18. The third-order valence-corrected chi connectivity index (χ3v) is 5.70. The van der Waals surface area contributed by atoms with Gasteiger partial charge in [0.1, 0.15) is 6.04 Å². The number of benzene rings is 2. The van der Waals surface area contributed by atoms with Crippen molar-refractivity contribution in [3.05, 3.63) is 65.7 Å². The van der Waals surface area contributed by atoms with Gasteiger partial charge in [-0.3, -0.25) is 4.79 Å². The smallest absolute Gasteiger partial charge is 0.326 e. The monoisotopic (exact) mass is 317 g/mol. The van der Waals surface area contributed by atoms with Gasteiger partial charge in [0, 0.05) is 6.54 Å². The zero-order chi connectivity index (χ0) is 15.7. The van der Waals surface area contributed by atoms with Crippen LogP contribution in [0.3, 0.4) is 0 Å². The van der Waals surface area contributed by atoms with Gasteiger partial charge in [-0.15, -0.1) is 0 Å². The molecule has 0 saturated carbocycles. The quantitative estimate of drug-likeness (QED) is 0.940. The van der Waals surface area contributed by atoms with Gasteiger partial charge in [-0.1, -0.05) is 42.5 Å². The van der Waals surface area contributed by atoms with Crippen LogP contribution in [0.5, 0.6) is 0 Å². The molecule has 1 atom stereocenters. The van der Waals surface area contributed by atoms with E-state index in [2.05, 4.69) is 0 Å². The molecule has 0 radical (unpaired) electrons. The summed E-state index contributed by atoms with van der Waals surface area (Å²) in [6.45, 7) is 0.158. The molecule has 0 spiro atoms. The van der Waals surface area contributed by atoms with E-state index in [0.717, 1.165) is 9.87 Å². The van der Waals surface area contributed by atoms with E-state index in [1.807, 2.05) is 12.1 Å². The Morgan fingerprint density at radius 3 is 2.36 bits per heavy atom. The fourth-order valence-corrected chi connectivity index (χ4v) is 4.37. The lowest BCUT2D eigenvalue weighted by Crippen LogP contribution is -2.43. The average molecular weight is 317 g/mol. The minimum atomic E-state index is -3.85. The maximum atomic E-state index is 12.8. The molecular formula is C16H15NO4S. The minimum absolute atomic E-state index is 0.112. The van der Waals surface area contributed by atoms with Crippen molar-refractivity contribution in [2.45, 2.75) is 17.4 Å². The topological polar surface area (TPSA) is 74.7 Å². The van der Waals surface area contributed by atoms with Crippen LogP contribution in [0.15, 0.2) is 59.5 Å². The van der Waals surface area contributed by atoms with Crippen molar-refractivity contribution < 1.29 is 18.3 Å². The second kappa shape index (κ2) is 5.55. The van der Waals surface area contributed by atoms with Crippen LogP contribution in [-0.2, 0) is 21.2 Å². The number of carbonyl (C=O) groups is 1. The van der Waals surface area contributed by atoms with Crippen molar-refractivity contribution in [2.24, 2.45) is 0 Å². The van der Waals surface area contributed by atoms with Crippen molar-refractivity contribution in [3.63, 3.8) is 0 Å². The standard InChI is InChI=1S/C16H15NO4S/c18-16(19)15-14-9-5-4-6-12(14)10-11-17(15)22(20,21)13-7-2-1-3-8-13/h1-9,15H,10-11H2,(H,18,19). The van der Waals surface area contributed by atoms with Crippen LogP contribution < -0.4 is 0 Å². The Morgan fingerprint density at radius 2 is 1.68 bits per heavy atom. The fraction of sp³-hybridized carbons (Fsp3) is 0.188. The Bertz CT molecular complexity index is 802. The number of hydrogen-bond donors (Lipinski definition) is 1. The fourth-order valence-electron chi connectivity index (χ4n) is 2.79. The molecule has 0 fully saturated rings. The van der Waals surface area contributed by atoms with Crippen molar-refractivity contribution in [3.8, 4) is 0 Å². The van der Waals surface area contributed by atoms with Gasteiger partial charge in [0.25, 0.3) is 0 Å². The van der Waals surface area contributed by atoms with Gasteiger partial charge in [-0.2, -0.15) is 4.31 Å². The Labute approximate surface area is 128 Å². The molecule has 2 aromatic carbocycles. The molecule has 114 valence electrons. The van der Waals surface area contributed by atoms with Crippen molar-refractivity contribution in [1.82, 2.24) is 4.31 Å². The molecule has 0 aromatic heterocycles. The zero-order valence-electron chi connectivity index (χ0n) is 11.7. The van der Waals surface area contributed by atoms with Gasteiger partial charge in [0.15, 0.2) is 0 Å². The molecule has 6 heteroatoms. The summed E-state index contributed by atoms with van der Waals surface area (Å²) in [6, 6.07) is 13.8. The van der Waals surface area contributed by atoms with E-state index >= 15 is 0 Å². The first kappa shape index (κ1) is 14.7. The number of sulfonamides is 1. The molecule has 2 aromatic rings. The van der Waals surface area contributed by atoms with E-state index in [9.17, 15) is 18.3 Å². The maximum absolute atomic E-state index is 12.8. The van der Waals surface area contributed by atoms with E-state index in [4.69, 9.17) is 0 Å². The predicted octanol–water partition coefficient (Wildman–Crippen LogP) is 2.06. The lowest BCUT2D eigenvalue weighted by atomic mass is 9.94. The molecule has 1 heterocycles. The first-order valence-corrected chi connectivity index (χ1v) is 8.33. The number of rotatable bonds is 3. The predicted molar refractivity (Wildman–Crippen MR) is 80.9 cm³/mol. The number of carboxylic acids is 1. The molecule has 1 aliphatic heterocycles. The summed E-state index contributed by atoms with van der Waals surface area (Å²) < 4.78 is 26.6. The highest BCUT2D eigenvalue weighted by molar-refractivity contribution is 7.89. The van der Waals surface area contributed by atoms with Crippen LogP contribution in [0.1, 0.15) is 17.2 Å². The van der Waals surface area contributed by atoms with E-state index in [0.29, 0.717) is 12.0 Å². The van der Waals surface area contributed by atoms with Crippen LogP contribution in [0, 0.1) is 0 Å². The van der Waals surface area contributed by atoms with Gasteiger partial charge in [0.05, 0.1) is 4.90 Å². The first-order chi connectivity index (χ1) is 10.5. The first-order valence-electron chi connectivity index (χ1n) is 6.89. The largest absolute Gasteiger partial charge is 0.480 e. The Kier molecular flexibility index (Phi) is 3.72. The van der Waals surface area contributed by atoms with Crippen LogP contribution in [0.2, 0.25) is 0 Å². The zero-order valence-corrected chi connectivity index (χ0v) is 12.5.